The maximum Gasteiger partial charge on any atom is 0.224 e. The predicted octanol–water partition coefficient (Wildman–Crippen LogP) is 0.589. The van der Waals surface area contributed by atoms with Crippen LogP contribution in [0, 0.1) is 0 Å². The van der Waals surface area contributed by atoms with Crippen molar-refractivity contribution in [1.82, 2.24) is 15.5 Å². The average Bonchev–Trinajstić information content (AvgIpc) is 2.93. The molecule has 20 heavy (non-hydrogen) atoms. The van der Waals surface area contributed by atoms with E-state index in [-0.39, 0.29) is 11.9 Å². The molecule has 0 bridgehead atoms. The third kappa shape index (κ3) is 6.23. The topological polar surface area (TPSA) is 66.0 Å². The smallest absolute Gasteiger partial charge is 0.224 e. The fourth-order valence-corrected chi connectivity index (χ4v) is 2.23. The minimum atomic E-state index is 0.187. The number of rotatable bonds is 7. The van der Waals surface area contributed by atoms with Crippen molar-refractivity contribution in [1.29, 1.82) is 0 Å². The maximum absolute atomic E-state index is 11.9. The van der Waals surface area contributed by atoms with E-state index in [1.807, 2.05) is 18.7 Å². The van der Waals surface area contributed by atoms with Crippen molar-refractivity contribution in [3.8, 4) is 0 Å². The number of carbonyl (C=O) groups excluding carboxylic acids is 1. The largest absolute Gasteiger partial charge is 0.383 e. The summed E-state index contributed by atoms with van der Waals surface area (Å²) in [6, 6.07) is 0.187. The Kier molecular flexibility index (Phi) is 8.02. The standard InChI is InChI=1S/C14H28N4O2/c1-4-15-14(17-12(2)11-20-3)16-8-7-13(19)18-9-5-6-10-18/h12H,4-11H2,1-3H3,(H2,15,16,17). The first-order valence-corrected chi connectivity index (χ1v) is 7.49. The Morgan fingerprint density at radius 3 is 2.70 bits per heavy atom. The number of nitrogens with one attached hydrogen (secondary N) is 2. The Labute approximate surface area is 122 Å². The van der Waals surface area contributed by atoms with Gasteiger partial charge in [-0.15, -0.1) is 0 Å². The van der Waals surface area contributed by atoms with Crippen LogP contribution in [-0.4, -0.2) is 62.7 Å². The molecule has 0 saturated carbocycles. The first kappa shape index (κ1) is 16.8. The molecule has 116 valence electrons. The Bertz CT molecular complexity index is 314. The summed E-state index contributed by atoms with van der Waals surface area (Å²) in [7, 11) is 1.68. The van der Waals surface area contributed by atoms with Gasteiger partial charge < -0.3 is 20.3 Å². The van der Waals surface area contributed by atoms with Gasteiger partial charge >= 0.3 is 0 Å². The van der Waals surface area contributed by atoms with E-state index < -0.39 is 0 Å². The molecule has 0 aromatic rings. The van der Waals surface area contributed by atoms with Gasteiger partial charge in [-0.1, -0.05) is 0 Å². The number of amides is 1. The van der Waals surface area contributed by atoms with Crippen LogP contribution < -0.4 is 10.6 Å². The highest BCUT2D eigenvalue weighted by Gasteiger charge is 2.17. The Balaban J connectivity index is 2.35. The molecule has 1 rings (SSSR count). The molecule has 1 amide bonds. The fourth-order valence-electron chi connectivity index (χ4n) is 2.23. The molecule has 6 heteroatoms. The zero-order chi connectivity index (χ0) is 14.8. The summed E-state index contributed by atoms with van der Waals surface area (Å²) in [6.45, 7) is 7.81. The Morgan fingerprint density at radius 1 is 1.40 bits per heavy atom. The van der Waals surface area contributed by atoms with Crippen LogP contribution in [0.25, 0.3) is 0 Å². The molecule has 0 aromatic carbocycles. The summed E-state index contributed by atoms with van der Waals surface area (Å²) in [6.07, 6.45) is 2.75. The monoisotopic (exact) mass is 284 g/mol. The van der Waals surface area contributed by atoms with E-state index in [0.717, 1.165) is 38.4 Å². The van der Waals surface area contributed by atoms with Crippen molar-refractivity contribution in [3.63, 3.8) is 0 Å². The number of ether oxygens (including phenoxy) is 1. The highest BCUT2D eigenvalue weighted by atomic mass is 16.5. The zero-order valence-electron chi connectivity index (χ0n) is 12.9. The van der Waals surface area contributed by atoms with Crippen LogP contribution in [0.1, 0.15) is 33.1 Å². The number of carbonyl (C=O) groups is 1. The van der Waals surface area contributed by atoms with Crippen LogP contribution in [0.15, 0.2) is 4.99 Å². The molecule has 2 N–H and O–H groups in total. The van der Waals surface area contributed by atoms with Gasteiger partial charge in [-0.3, -0.25) is 9.79 Å². The third-order valence-corrected chi connectivity index (χ3v) is 3.20. The lowest BCUT2D eigenvalue weighted by Gasteiger charge is -2.17. The second-order valence-electron chi connectivity index (χ2n) is 5.10. The van der Waals surface area contributed by atoms with E-state index in [9.17, 15) is 4.79 Å². The number of hydrogen-bond acceptors (Lipinski definition) is 3. The van der Waals surface area contributed by atoms with Crippen molar-refractivity contribution in [2.75, 3.05) is 39.9 Å². The zero-order valence-corrected chi connectivity index (χ0v) is 12.9. The van der Waals surface area contributed by atoms with Crippen LogP contribution in [-0.2, 0) is 9.53 Å². The normalized spacial score (nSPS) is 17.1. The average molecular weight is 284 g/mol. The van der Waals surface area contributed by atoms with E-state index >= 15 is 0 Å². The van der Waals surface area contributed by atoms with Gasteiger partial charge in [0.2, 0.25) is 5.91 Å². The summed E-state index contributed by atoms with van der Waals surface area (Å²) in [5.74, 6) is 0.957. The first-order chi connectivity index (χ1) is 9.67. The summed E-state index contributed by atoms with van der Waals surface area (Å²) >= 11 is 0. The van der Waals surface area contributed by atoms with Gasteiger partial charge in [0.05, 0.1) is 13.2 Å². The van der Waals surface area contributed by atoms with Crippen molar-refractivity contribution < 1.29 is 9.53 Å². The van der Waals surface area contributed by atoms with Crippen molar-refractivity contribution in [2.45, 2.75) is 39.2 Å². The van der Waals surface area contributed by atoms with Gasteiger partial charge in [0.25, 0.3) is 0 Å². The number of likely N-dealkylation sites (tertiary alicyclic amines) is 1. The fraction of sp³-hybridized carbons (Fsp3) is 0.857. The molecule has 0 aliphatic carbocycles. The number of hydrogen-bond donors (Lipinski definition) is 2. The molecule has 0 spiro atoms. The van der Waals surface area contributed by atoms with Crippen LogP contribution >= 0.6 is 0 Å². The number of aliphatic imine (C=N–C) groups is 1. The van der Waals surface area contributed by atoms with Gasteiger partial charge in [-0.2, -0.15) is 0 Å². The second kappa shape index (κ2) is 9.58. The van der Waals surface area contributed by atoms with Crippen LogP contribution in [0.4, 0.5) is 0 Å². The number of nitrogens with zero attached hydrogens (tertiary/aromatic N) is 2. The molecule has 1 heterocycles. The molecule has 1 aliphatic heterocycles. The van der Waals surface area contributed by atoms with Crippen LogP contribution in [0.5, 0.6) is 0 Å². The molecule has 0 aromatic heterocycles. The Morgan fingerprint density at radius 2 is 2.10 bits per heavy atom. The van der Waals surface area contributed by atoms with E-state index in [1.54, 1.807) is 7.11 Å². The lowest BCUT2D eigenvalue weighted by atomic mass is 10.3. The summed E-state index contributed by atoms with van der Waals surface area (Å²) < 4.78 is 5.09. The van der Waals surface area contributed by atoms with Gasteiger partial charge in [-0.25, -0.2) is 0 Å². The number of methoxy groups -OCH3 is 1. The van der Waals surface area contributed by atoms with E-state index in [4.69, 9.17) is 4.74 Å². The van der Waals surface area contributed by atoms with Crippen molar-refractivity contribution in [2.24, 2.45) is 4.99 Å². The van der Waals surface area contributed by atoms with Crippen LogP contribution in [0.2, 0.25) is 0 Å². The predicted molar refractivity (Wildman–Crippen MR) is 80.9 cm³/mol. The Hall–Kier alpha value is -1.30. The van der Waals surface area contributed by atoms with E-state index in [2.05, 4.69) is 15.6 Å². The molecule has 1 fully saturated rings. The quantitative estimate of drug-likeness (QED) is 0.530. The van der Waals surface area contributed by atoms with E-state index in [1.165, 1.54) is 0 Å². The third-order valence-electron chi connectivity index (χ3n) is 3.20. The van der Waals surface area contributed by atoms with Crippen molar-refractivity contribution >= 4 is 11.9 Å². The van der Waals surface area contributed by atoms with Gasteiger partial charge in [0, 0.05) is 39.2 Å². The molecule has 0 radical (unpaired) electrons. The molecular weight excluding hydrogens is 256 g/mol. The van der Waals surface area contributed by atoms with E-state index in [0.29, 0.717) is 19.6 Å². The minimum absolute atomic E-state index is 0.187. The highest BCUT2D eigenvalue weighted by Crippen LogP contribution is 2.08. The van der Waals surface area contributed by atoms with Gasteiger partial charge in [0.15, 0.2) is 5.96 Å². The van der Waals surface area contributed by atoms with Gasteiger partial charge in [-0.05, 0) is 26.7 Å². The lowest BCUT2D eigenvalue weighted by Crippen LogP contribution is -2.44. The minimum Gasteiger partial charge on any atom is -0.383 e. The number of guanidine groups is 1. The molecule has 1 aliphatic rings. The molecule has 1 atom stereocenters. The lowest BCUT2D eigenvalue weighted by molar-refractivity contribution is -0.129. The molecular formula is C14H28N4O2. The highest BCUT2D eigenvalue weighted by molar-refractivity contribution is 5.81. The molecule has 1 saturated heterocycles. The molecule has 6 nitrogen and oxygen atoms in total. The summed E-state index contributed by atoms with van der Waals surface area (Å²) in [5, 5.41) is 6.42. The van der Waals surface area contributed by atoms with Crippen molar-refractivity contribution in [3.05, 3.63) is 0 Å². The second-order valence-corrected chi connectivity index (χ2v) is 5.10. The summed E-state index contributed by atoms with van der Waals surface area (Å²) in [4.78, 5) is 18.3. The maximum atomic E-state index is 11.9. The summed E-state index contributed by atoms with van der Waals surface area (Å²) in [5.41, 5.74) is 0. The first-order valence-electron chi connectivity index (χ1n) is 7.49. The molecule has 1 unspecified atom stereocenters. The van der Waals surface area contributed by atoms with Crippen LogP contribution in [0.3, 0.4) is 0 Å². The SMILES string of the molecule is CCNC(=NCCC(=O)N1CCCC1)NC(C)COC. The van der Waals surface area contributed by atoms with Gasteiger partial charge in [0.1, 0.15) is 0 Å².